The first kappa shape index (κ1) is 18.0. The Labute approximate surface area is 144 Å². The normalized spacial score (nSPS) is 11.9. The summed E-state index contributed by atoms with van der Waals surface area (Å²) in [4.78, 5) is 28.0. The highest BCUT2D eigenvalue weighted by atomic mass is 79.9. The van der Waals surface area contributed by atoms with Crippen LogP contribution in [0.4, 0.5) is 8.78 Å². The minimum absolute atomic E-state index is 0.0635. The number of esters is 1. The Morgan fingerprint density at radius 1 is 1.12 bits per heavy atom. The zero-order valence-corrected chi connectivity index (χ0v) is 14.0. The number of rotatable bonds is 6. The second-order valence-electron chi connectivity index (χ2n) is 4.71. The van der Waals surface area contributed by atoms with Gasteiger partial charge in [-0.25, -0.2) is 4.79 Å². The summed E-state index contributed by atoms with van der Waals surface area (Å²) in [6.07, 6.45) is 1.79. The monoisotopic (exact) mass is 399 g/mol. The third-order valence-corrected chi connectivity index (χ3v) is 3.39. The Morgan fingerprint density at radius 2 is 1.79 bits per heavy atom. The molecule has 0 saturated heterocycles. The lowest BCUT2D eigenvalue weighted by atomic mass is 10.1. The van der Waals surface area contributed by atoms with Crippen molar-refractivity contribution in [1.82, 2.24) is 4.98 Å². The van der Waals surface area contributed by atoms with Crippen LogP contribution in [0.25, 0.3) is 0 Å². The Bertz CT molecular complexity index is 737. The summed E-state index contributed by atoms with van der Waals surface area (Å²) >= 11 is 3.18. The van der Waals surface area contributed by atoms with Crippen molar-refractivity contribution in [1.29, 1.82) is 0 Å². The lowest BCUT2D eigenvalue weighted by molar-refractivity contribution is -0.0498. The molecule has 24 heavy (non-hydrogen) atoms. The Morgan fingerprint density at radius 3 is 2.38 bits per heavy atom. The third-order valence-electron chi connectivity index (χ3n) is 2.96. The Balaban J connectivity index is 2.02. The molecule has 0 N–H and O–H groups in total. The van der Waals surface area contributed by atoms with Crippen LogP contribution >= 0.6 is 15.9 Å². The second kappa shape index (κ2) is 7.96. The fourth-order valence-electron chi connectivity index (χ4n) is 1.84. The van der Waals surface area contributed by atoms with E-state index in [4.69, 9.17) is 4.74 Å². The van der Waals surface area contributed by atoms with Crippen molar-refractivity contribution in [3.05, 3.63) is 58.3 Å². The first-order valence-corrected chi connectivity index (χ1v) is 7.56. The molecule has 0 amide bonds. The number of hydrogen-bond donors (Lipinski definition) is 0. The highest BCUT2D eigenvalue weighted by Gasteiger charge is 2.21. The fraction of sp³-hybridized carbons (Fsp3) is 0.188. The molecule has 0 bridgehead atoms. The summed E-state index contributed by atoms with van der Waals surface area (Å²) in [6, 6.07) is 6.65. The van der Waals surface area contributed by atoms with Gasteiger partial charge >= 0.3 is 12.6 Å². The van der Waals surface area contributed by atoms with Gasteiger partial charge in [-0.1, -0.05) is 0 Å². The maximum atomic E-state index is 12.2. The predicted octanol–water partition coefficient (Wildman–Crippen LogP) is 3.87. The van der Waals surface area contributed by atoms with Crippen LogP contribution in [0.1, 0.15) is 27.6 Å². The van der Waals surface area contributed by atoms with Gasteiger partial charge in [0.1, 0.15) is 5.75 Å². The number of Topliss-reactive ketones (excluding diaryl/α,β-unsaturated/α-hetero) is 1. The highest BCUT2D eigenvalue weighted by Crippen LogP contribution is 2.17. The van der Waals surface area contributed by atoms with Crippen molar-refractivity contribution < 1.29 is 27.8 Å². The molecule has 0 saturated carbocycles. The quantitative estimate of drug-likeness (QED) is 0.544. The van der Waals surface area contributed by atoms with Crippen LogP contribution in [0.2, 0.25) is 0 Å². The average molecular weight is 400 g/mol. The number of aromatic nitrogens is 1. The number of carbonyl (C=O) groups excluding carboxylic acids is 2. The van der Waals surface area contributed by atoms with E-state index >= 15 is 0 Å². The molecule has 126 valence electrons. The third kappa shape index (κ3) is 4.82. The Kier molecular flexibility index (Phi) is 5.97. The summed E-state index contributed by atoms with van der Waals surface area (Å²) in [5, 5.41) is 0. The minimum atomic E-state index is -2.94. The van der Waals surface area contributed by atoms with Crippen LogP contribution in [-0.4, -0.2) is 29.5 Å². The summed E-state index contributed by atoms with van der Waals surface area (Å²) in [7, 11) is 0. The van der Waals surface area contributed by atoms with Gasteiger partial charge < -0.3 is 9.47 Å². The maximum Gasteiger partial charge on any atom is 0.387 e. The molecule has 5 nitrogen and oxygen atoms in total. The topological polar surface area (TPSA) is 65.5 Å². The molecule has 0 aliphatic rings. The number of pyridine rings is 1. The van der Waals surface area contributed by atoms with Gasteiger partial charge in [0.2, 0.25) is 5.78 Å². The van der Waals surface area contributed by atoms with E-state index in [0.717, 1.165) is 0 Å². The van der Waals surface area contributed by atoms with Crippen LogP contribution in [0.15, 0.2) is 47.2 Å². The number of carbonyl (C=O) groups is 2. The zero-order valence-electron chi connectivity index (χ0n) is 12.4. The van der Waals surface area contributed by atoms with E-state index in [1.165, 1.54) is 49.6 Å². The van der Waals surface area contributed by atoms with Gasteiger partial charge in [-0.2, -0.15) is 8.78 Å². The summed E-state index contributed by atoms with van der Waals surface area (Å²) in [6.45, 7) is -1.51. The van der Waals surface area contributed by atoms with Crippen LogP contribution in [-0.2, 0) is 4.74 Å². The largest absolute Gasteiger partial charge is 0.451 e. The molecule has 0 unspecified atom stereocenters. The number of ketones is 1. The maximum absolute atomic E-state index is 12.2. The molecule has 0 aliphatic heterocycles. The molecule has 1 aromatic carbocycles. The summed E-state index contributed by atoms with van der Waals surface area (Å²) in [5.74, 6) is -1.22. The van der Waals surface area contributed by atoms with Gasteiger partial charge in [0.25, 0.3) is 0 Å². The van der Waals surface area contributed by atoms with Gasteiger partial charge in [0, 0.05) is 22.4 Å². The lowest BCUT2D eigenvalue weighted by Gasteiger charge is -2.13. The number of ether oxygens (including phenoxy) is 2. The minimum Gasteiger partial charge on any atom is -0.451 e. The highest BCUT2D eigenvalue weighted by molar-refractivity contribution is 9.10. The van der Waals surface area contributed by atoms with Crippen molar-refractivity contribution in [3.8, 4) is 5.75 Å². The van der Waals surface area contributed by atoms with Crippen molar-refractivity contribution in [2.75, 3.05) is 0 Å². The average Bonchev–Trinajstić information content (AvgIpc) is 2.54. The molecule has 2 rings (SSSR count). The van der Waals surface area contributed by atoms with Gasteiger partial charge in [0.15, 0.2) is 6.10 Å². The molecule has 1 atom stereocenters. The molecule has 0 fully saturated rings. The van der Waals surface area contributed by atoms with E-state index in [9.17, 15) is 18.4 Å². The van der Waals surface area contributed by atoms with E-state index < -0.39 is 24.5 Å². The zero-order chi connectivity index (χ0) is 17.7. The number of alkyl halides is 2. The van der Waals surface area contributed by atoms with Crippen LogP contribution in [0, 0.1) is 0 Å². The molecule has 1 heterocycles. The van der Waals surface area contributed by atoms with E-state index in [-0.39, 0.29) is 16.9 Å². The van der Waals surface area contributed by atoms with E-state index in [2.05, 4.69) is 25.7 Å². The van der Waals surface area contributed by atoms with Crippen molar-refractivity contribution >= 4 is 27.7 Å². The van der Waals surface area contributed by atoms with Gasteiger partial charge in [-0.3, -0.25) is 9.78 Å². The molecule has 2 aromatic rings. The number of benzene rings is 1. The Hall–Kier alpha value is -2.35. The number of hydrogen-bond acceptors (Lipinski definition) is 5. The van der Waals surface area contributed by atoms with E-state index in [1.807, 2.05) is 0 Å². The first-order valence-electron chi connectivity index (χ1n) is 6.77. The number of halogens is 3. The second-order valence-corrected chi connectivity index (χ2v) is 5.62. The van der Waals surface area contributed by atoms with Crippen molar-refractivity contribution in [2.45, 2.75) is 19.6 Å². The van der Waals surface area contributed by atoms with Gasteiger partial charge in [-0.05, 0) is 53.2 Å². The van der Waals surface area contributed by atoms with Crippen LogP contribution in [0.5, 0.6) is 5.75 Å². The van der Waals surface area contributed by atoms with Crippen LogP contribution < -0.4 is 4.74 Å². The van der Waals surface area contributed by atoms with E-state index in [0.29, 0.717) is 4.47 Å². The van der Waals surface area contributed by atoms with Crippen LogP contribution in [0.3, 0.4) is 0 Å². The van der Waals surface area contributed by atoms with Crippen molar-refractivity contribution in [2.24, 2.45) is 0 Å². The molecule has 0 aliphatic carbocycles. The molecular weight excluding hydrogens is 388 g/mol. The molecule has 1 aromatic heterocycles. The first-order chi connectivity index (χ1) is 11.4. The standard InChI is InChI=1S/C16H12BrF2NO4/c1-9(23-15(22)11-6-12(17)8-20-7-11)14(21)10-2-4-13(5-3-10)24-16(18)19/h2-9,16H,1H3/t9-/m0/s1. The van der Waals surface area contributed by atoms with Gasteiger partial charge in [0.05, 0.1) is 5.56 Å². The number of nitrogens with zero attached hydrogens (tertiary/aromatic N) is 1. The fourth-order valence-corrected chi connectivity index (χ4v) is 2.21. The molecular formula is C16H12BrF2NO4. The smallest absolute Gasteiger partial charge is 0.387 e. The predicted molar refractivity (Wildman–Crippen MR) is 84.2 cm³/mol. The SMILES string of the molecule is C[C@H](OC(=O)c1cncc(Br)c1)C(=O)c1ccc(OC(F)F)cc1. The summed E-state index contributed by atoms with van der Waals surface area (Å²) in [5.41, 5.74) is 0.411. The van der Waals surface area contributed by atoms with Crippen molar-refractivity contribution in [3.63, 3.8) is 0 Å². The lowest BCUT2D eigenvalue weighted by Crippen LogP contribution is -2.24. The summed E-state index contributed by atoms with van der Waals surface area (Å²) < 4.78 is 34.1. The molecule has 0 spiro atoms. The van der Waals surface area contributed by atoms with Gasteiger partial charge in [-0.15, -0.1) is 0 Å². The van der Waals surface area contributed by atoms with E-state index in [1.54, 1.807) is 0 Å². The molecule has 0 radical (unpaired) electrons. The molecule has 8 heteroatoms.